The van der Waals surface area contributed by atoms with Crippen LogP contribution in [0.4, 0.5) is 10.5 Å². The van der Waals surface area contributed by atoms with E-state index in [4.69, 9.17) is 42.5 Å². The molecule has 1 saturated carbocycles. The van der Waals surface area contributed by atoms with E-state index in [0.717, 1.165) is 39.9 Å². The van der Waals surface area contributed by atoms with Crippen LogP contribution in [0.25, 0.3) is 11.1 Å². The van der Waals surface area contributed by atoms with Gasteiger partial charge in [0.25, 0.3) is 0 Å². The molecular weight excluding hydrogens is 577 g/mol. The Morgan fingerprint density at radius 2 is 1.90 bits per heavy atom. The number of aliphatic hydroxyl groups is 1. The topological polar surface area (TPSA) is 86.1 Å². The summed E-state index contributed by atoms with van der Waals surface area (Å²) in [5.74, 6) is 2.14. The van der Waals surface area contributed by atoms with Gasteiger partial charge < -0.3 is 19.3 Å². The fraction of sp³-hybridized carbons (Fsp3) is 0.312. The molecule has 10 heteroatoms. The fourth-order valence-electron chi connectivity index (χ4n) is 5.53. The van der Waals surface area contributed by atoms with Gasteiger partial charge in [-0.3, -0.25) is 9.58 Å². The molecule has 0 unspecified atom stereocenters. The zero-order chi connectivity index (χ0) is 29.2. The standard InChI is InChI=1S/C32H31Cl2N3O5/c1-20-27(33)5-3-7-30(20)41-12-13-42-32(39)37-19-21-15-26(21)31-25(4-2-6-29(31)37)23-16-35-36(18-23)17-22-14-24(40-11-10-38)8-9-28(22)34/h2-9,14,16,18,21,26,38H,10-13,15,17,19H2,1H3/t21-,26-/m0/s1. The Balaban J connectivity index is 1.15. The van der Waals surface area contributed by atoms with Gasteiger partial charge in [0, 0.05) is 33.9 Å². The molecule has 218 valence electrons. The van der Waals surface area contributed by atoms with Gasteiger partial charge in [0.2, 0.25) is 0 Å². The molecule has 1 N–H and O–H groups in total. The Labute approximate surface area is 254 Å². The molecule has 0 saturated heterocycles. The number of hydrogen-bond acceptors (Lipinski definition) is 6. The number of halogens is 2. The molecule has 4 aromatic rings. The van der Waals surface area contributed by atoms with Crippen LogP contribution in [0.2, 0.25) is 10.0 Å². The smallest absolute Gasteiger partial charge is 0.414 e. The molecule has 0 spiro atoms. The number of rotatable bonds is 10. The van der Waals surface area contributed by atoms with Crippen molar-refractivity contribution in [1.82, 2.24) is 9.78 Å². The summed E-state index contributed by atoms with van der Waals surface area (Å²) in [6.07, 6.45) is 4.50. The molecule has 1 aromatic heterocycles. The number of ether oxygens (including phenoxy) is 3. The number of fused-ring (bicyclic) bond motifs is 3. The van der Waals surface area contributed by atoms with Crippen molar-refractivity contribution in [2.24, 2.45) is 5.92 Å². The van der Waals surface area contributed by atoms with Crippen LogP contribution in [0.3, 0.4) is 0 Å². The average Bonchev–Trinajstić information content (AvgIpc) is 3.64. The van der Waals surface area contributed by atoms with E-state index in [1.807, 2.05) is 60.4 Å². The molecule has 1 aliphatic heterocycles. The van der Waals surface area contributed by atoms with E-state index in [1.54, 1.807) is 17.0 Å². The minimum absolute atomic E-state index is 0.0585. The predicted octanol–water partition coefficient (Wildman–Crippen LogP) is 6.72. The Morgan fingerprint density at radius 3 is 2.76 bits per heavy atom. The van der Waals surface area contributed by atoms with Crippen molar-refractivity contribution in [3.8, 4) is 22.6 Å². The third kappa shape index (κ3) is 5.93. The van der Waals surface area contributed by atoms with E-state index in [1.165, 1.54) is 0 Å². The largest absolute Gasteiger partial charge is 0.491 e. The number of benzene rings is 3. The highest BCUT2D eigenvalue weighted by Gasteiger charge is 2.48. The lowest BCUT2D eigenvalue weighted by Crippen LogP contribution is -2.37. The van der Waals surface area contributed by atoms with Crippen molar-refractivity contribution < 1.29 is 24.1 Å². The number of amides is 1. The van der Waals surface area contributed by atoms with Crippen LogP contribution in [0.5, 0.6) is 11.5 Å². The number of carbonyl (C=O) groups is 1. The molecule has 1 amide bonds. The van der Waals surface area contributed by atoms with Gasteiger partial charge in [0.1, 0.15) is 31.3 Å². The summed E-state index contributed by atoms with van der Waals surface area (Å²) >= 11 is 12.6. The van der Waals surface area contributed by atoms with Crippen LogP contribution in [0, 0.1) is 12.8 Å². The summed E-state index contributed by atoms with van der Waals surface area (Å²) in [7, 11) is 0. The van der Waals surface area contributed by atoms with Gasteiger partial charge in [-0.15, -0.1) is 0 Å². The van der Waals surface area contributed by atoms with Crippen molar-refractivity contribution in [2.45, 2.75) is 25.8 Å². The first kappa shape index (κ1) is 28.4. The van der Waals surface area contributed by atoms with E-state index in [-0.39, 0.29) is 32.5 Å². The summed E-state index contributed by atoms with van der Waals surface area (Å²) in [6, 6.07) is 17.0. The maximum absolute atomic E-state index is 13.2. The number of anilines is 1. The molecule has 0 bridgehead atoms. The van der Waals surface area contributed by atoms with Crippen LogP contribution < -0.4 is 14.4 Å². The summed E-state index contributed by atoms with van der Waals surface area (Å²) in [5.41, 5.74) is 5.80. The molecule has 2 aliphatic rings. The van der Waals surface area contributed by atoms with E-state index in [2.05, 4.69) is 11.2 Å². The SMILES string of the molecule is Cc1c(Cl)cccc1OCCOC(=O)N1C[C@@H]2C[C@@H]2c2c(-c3cnn(Cc4cc(OCCO)ccc4Cl)c3)cccc21. The lowest BCUT2D eigenvalue weighted by Gasteiger charge is -2.29. The molecule has 0 radical (unpaired) electrons. The Morgan fingerprint density at radius 1 is 1.05 bits per heavy atom. The lowest BCUT2D eigenvalue weighted by atomic mass is 9.93. The van der Waals surface area contributed by atoms with Gasteiger partial charge in [0.05, 0.1) is 25.0 Å². The van der Waals surface area contributed by atoms with Crippen molar-refractivity contribution >= 4 is 35.0 Å². The molecule has 2 heterocycles. The fourth-order valence-corrected chi connectivity index (χ4v) is 5.87. The zero-order valence-electron chi connectivity index (χ0n) is 23.1. The number of hydrogen-bond donors (Lipinski definition) is 1. The van der Waals surface area contributed by atoms with Crippen LogP contribution in [0.1, 0.15) is 29.0 Å². The van der Waals surface area contributed by atoms with Crippen molar-refractivity contribution in [2.75, 3.05) is 37.9 Å². The maximum Gasteiger partial charge on any atom is 0.414 e. The average molecular weight is 609 g/mol. The van der Waals surface area contributed by atoms with Gasteiger partial charge >= 0.3 is 6.09 Å². The minimum atomic E-state index is -0.376. The number of aromatic nitrogens is 2. The highest BCUT2D eigenvalue weighted by molar-refractivity contribution is 6.31. The van der Waals surface area contributed by atoms with Crippen molar-refractivity contribution in [1.29, 1.82) is 0 Å². The molecular formula is C32H31Cl2N3O5. The monoisotopic (exact) mass is 607 g/mol. The van der Waals surface area contributed by atoms with Gasteiger partial charge in [-0.25, -0.2) is 4.79 Å². The first-order valence-electron chi connectivity index (χ1n) is 13.9. The van der Waals surface area contributed by atoms with Crippen LogP contribution in [-0.2, 0) is 11.3 Å². The maximum atomic E-state index is 13.2. The van der Waals surface area contributed by atoms with Crippen molar-refractivity contribution in [3.63, 3.8) is 0 Å². The summed E-state index contributed by atoms with van der Waals surface area (Å²) < 4.78 is 18.8. The summed E-state index contributed by atoms with van der Waals surface area (Å²) in [5, 5.41) is 14.9. The molecule has 1 aliphatic carbocycles. The third-order valence-corrected chi connectivity index (χ3v) is 8.52. The third-order valence-electron chi connectivity index (χ3n) is 7.74. The van der Waals surface area contributed by atoms with Crippen LogP contribution in [-0.4, -0.2) is 54.0 Å². The lowest BCUT2D eigenvalue weighted by molar-refractivity contribution is 0.130. The summed E-state index contributed by atoms with van der Waals surface area (Å²) in [4.78, 5) is 15.0. The number of carbonyl (C=O) groups excluding carboxylic acids is 1. The molecule has 42 heavy (non-hydrogen) atoms. The van der Waals surface area contributed by atoms with Gasteiger partial charge in [-0.1, -0.05) is 41.4 Å². The van der Waals surface area contributed by atoms with Gasteiger partial charge in [-0.2, -0.15) is 5.10 Å². The Hall–Kier alpha value is -3.72. The predicted molar refractivity (Wildman–Crippen MR) is 162 cm³/mol. The number of nitrogens with zero attached hydrogens (tertiary/aromatic N) is 3. The Kier molecular flexibility index (Phi) is 8.29. The van der Waals surface area contributed by atoms with E-state index >= 15 is 0 Å². The molecule has 2 atom stereocenters. The second kappa shape index (κ2) is 12.3. The quantitative estimate of drug-likeness (QED) is 0.201. The van der Waals surface area contributed by atoms with Crippen LogP contribution >= 0.6 is 23.2 Å². The zero-order valence-corrected chi connectivity index (χ0v) is 24.6. The molecule has 6 rings (SSSR count). The molecule has 8 nitrogen and oxygen atoms in total. The van der Waals surface area contributed by atoms with E-state index in [9.17, 15) is 4.79 Å². The van der Waals surface area contributed by atoms with Gasteiger partial charge in [0.15, 0.2) is 0 Å². The molecule has 1 fully saturated rings. The Bertz CT molecular complexity index is 1610. The minimum Gasteiger partial charge on any atom is -0.491 e. The van der Waals surface area contributed by atoms with E-state index in [0.29, 0.717) is 46.5 Å². The second-order valence-electron chi connectivity index (χ2n) is 10.5. The first-order chi connectivity index (χ1) is 20.4. The molecule has 3 aromatic carbocycles. The number of aliphatic hydroxyl groups excluding tert-OH is 1. The van der Waals surface area contributed by atoms with Gasteiger partial charge in [-0.05, 0) is 78.3 Å². The highest BCUT2D eigenvalue weighted by atomic mass is 35.5. The van der Waals surface area contributed by atoms with Crippen molar-refractivity contribution in [3.05, 3.63) is 93.7 Å². The first-order valence-corrected chi connectivity index (χ1v) is 14.7. The highest BCUT2D eigenvalue weighted by Crippen LogP contribution is 2.57. The normalized spacial score (nSPS) is 16.9. The summed E-state index contributed by atoms with van der Waals surface area (Å²) in [6.45, 7) is 3.52. The second-order valence-corrected chi connectivity index (χ2v) is 11.3. The van der Waals surface area contributed by atoms with E-state index < -0.39 is 0 Å². The van der Waals surface area contributed by atoms with Crippen LogP contribution in [0.15, 0.2) is 67.0 Å².